The summed E-state index contributed by atoms with van der Waals surface area (Å²) in [6.45, 7) is 7.21. The molecule has 2 amide bonds. The van der Waals surface area contributed by atoms with E-state index >= 15 is 0 Å². The monoisotopic (exact) mass is 521 g/mol. The third-order valence-corrected chi connectivity index (χ3v) is 5.89. The first-order valence-corrected chi connectivity index (χ1v) is 12.5. The van der Waals surface area contributed by atoms with Crippen LogP contribution in [-0.2, 0) is 30.3 Å². The van der Waals surface area contributed by atoms with E-state index in [1.807, 2.05) is 49.4 Å². The number of rotatable bonds is 9. The zero-order valence-electron chi connectivity index (χ0n) is 22.4. The normalized spacial score (nSPS) is 12.9. The predicted octanol–water partition coefficient (Wildman–Crippen LogP) is 4.28. The molecule has 202 valence electrons. The fraction of sp³-hybridized carbons (Fsp3) is 0.379. The van der Waals surface area contributed by atoms with Gasteiger partial charge in [-0.05, 0) is 44.9 Å². The van der Waals surface area contributed by atoms with Crippen LogP contribution in [0.1, 0.15) is 57.7 Å². The van der Waals surface area contributed by atoms with Gasteiger partial charge >= 0.3 is 12.1 Å². The van der Waals surface area contributed by atoms with E-state index in [4.69, 9.17) is 9.47 Å². The molecule has 2 N–H and O–H groups in total. The van der Waals surface area contributed by atoms with E-state index in [1.165, 1.54) is 11.7 Å². The summed E-state index contributed by atoms with van der Waals surface area (Å²) in [5.74, 6) is -1.36. The summed E-state index contributed by atoms with van der Waals surface area (Å²) in [4.78, 5) is 50.4. The maximum absolute atomic E-state index is 12.8. The molecule has 0 saturated carbocycles. The Kier molecular flexibility index (Phi) is 9.28. The summed E-state index contributed by atoms with van der Waals surface area (Å²) in [6.07, 6.45) is 1.02. The number of hydrogen-bond acceptors (Lipinski definition) is 6. The van der Waals surface area contributed by atoms with Gasteiger partial charge < -0.3 is 20.1 Å². The largest absolute Gasteiger partial charge is 0.467 e. The van der Waals surface area contributed by atoms with Crippen molar-refractivity contribution in [3.63, 3.8) is 0 Å². The maximum atomic E-state index is 12.8. The highest BCUT2D eigenvalue weighted by Crippen LogP contribution is 2.24. The standard InChI is InChI=1S/C29H35N3O6/c1-19(20-11-7-6-8-12-20)30-25(33)15-16-26(34)31-23(27(35)37-5)17-21-18-32(28(36)38-29(2,3)4)24-14-10-9-13-22(21)24/h6-14,18-19,23H,15-17H2,1-5H3,(H,30,33)(H,31,34)/t19-,23+/m1/s1. The summed E-state index contributed by atoms with van der Waals surface area (Å²) in [7, 11) is 1.24. The van der Waals surface area contributed by atoms with E-state index in [0.29, 0.717) is 11.1 Å². The number of para-hydroxylation sites is 1. The maximum Gasteiger partial charge on any atom is 0.419 e. The molecule has 0 radical (unpaired) electrons. The molecular weight excluding hydrogens is 486 g/mol. The van der Waals surface area contributed by atoms with Crippen LogP contribution in [0.3, 0.4) is 0 Å². The second-order valence-electron chi connectivity index (χ2n) is 10.1. The third-order valence-electron chi connectivity index (χ3n) is 5.89. The number of aromatic nitrogens is 1. The minimum atomic E-state index is -1.00. The fourth-order valence-electron chi connectivity index (χ4n) is 4.06. The van der Waals surface area contributed by atoms with Crippen LogP contribution in [0, 0.1) is 0 Å². The average molecular weight is 522 g/mol. The van der Waals surface area contributed by atoms with Gasteiger partial charge in [0.25, 0.3) is 0 Å². The second-order valence-corrected chi connectivity index (χ2v) is 10.1. The van der Waals surface area contributed by atoms with Crippen molar-refractivity contribution in [2.45, 2.75) is 64.6 Å². The van der Waals surface area contributed by atoms with Gasteiger partial charge in [0.15, 0.2) is 0 Å². The Bertz CT molecular complexity index is 1290. The molecule has 9 nitrogen and oxygen atoms in total. The van der Waals surface area contributed by atoms with Gasteiger partial charge in [-0.1, -0.05) is 48.5 Å². The van der Waals surface area contributed by atoms with Crippen LogP contribution in [0.5, 0.6) is 0 Å². The third kappa shape index (κ3) is 7.68. The van der Waals surface area contributed by atoms with Crippen molar-refractivity contribution >= 4 is 34.8 Å². The summed E-state index contributed by atoms with van der Waals surface area (Å²) in [6, 6.07) is 15.6. The molecule has 0 unspecified atom stereocenters. The number of nitrogens with zero attached hydrogens (tertiary/aromatic N) is 1. The first-order valence-electron chi connectivity index (χ1n) is 12.5. The number of esters is 1. The fourth-order valence-corrected chi connectivity index (χ4v) is 4.06. The number of carbonyl (C=O) groups is 4. The lowest BCUT2D eigenvalue weighted by Gasteiger charge is -2.19. The van der Waals surface area contributed by atoms with Crippen molar-refractivity contribution < 1.29 is 28.7 Å². The Morgan fingerprint density at radius 2 is 1.50 bits per heavy atom. The molecule has 38 heavy (non-hydrogen) atoms. The van der Waals surface area contributed by atoms with Crippen molar-refractivity contribution in [3.05, 3.63) is 71.9 Å². The van der Waals surface area contributed by atoms with Crippen LogP contribution in [0.15, 0.2) is 60.8 Å². The number of ether oxygens (including phenoxy) is 2. The Morgan fingerprint density at radius 1 is 0.895 bits per heavy atom. The molecule has 2 atom stereocenters. The van der Waals surface area contributed by atoms with Crippen LogP contribution >= 0.6 is 0 Å². The van der Waals surface area contributed by atoms with Gasteiger partial charge in [0, 0.05) is 30.8 Å². The smallest absolute Gasteiger partial charge is 0.419 e. The number of amides is 2. The molecule has 0 aliphatic carbocycles. The lowest BCUT2D eigenvalue weighted by atomic mass is 10.0. The van der Waals surface area contributed by atoms with E-state index in [9.17, 15) is 19.2 Å². The van der Waals surface area contributed by atoms with Crippen molar-refractivity contribution in [1.29, 1.82) is 0 Å². The molecule has 0 saturated heterocycles. The number of methoxy groups -OCH3 is 1. The highest BCUT2D eigenvalue weighted by atomic mass is 16.6. The number of hydrogen-bond donors (Lipinski definition) is 2. The summed E-state index contributed by atoms with van der Waals surface area (Å²) >= 11 is 0. The van der Waals surface area contributed by atoms with Crippen molar-refractivity contribution in [1.82, 2.24) is 15.2 Å². The van der Waals surface area contributed by atoms with Gasteiger partial charge in [-0.25, -0.2) is 9.59 Å². The molecule has 3 rings (SSSR count). The number of fused-ring (bicyclic) bond motifs is 1. The van der Waals surface area contributed by atoms with Crippen LogP contribution < -0.4 is 10.6 Å². The topological polar surface area (TPSA) is 116 Å². The van der Waals surface area contributed by atoms with Gasteiger partial charge in [-0.2, -0.15) is 0 Å². The van der Waals surface area contributed by atoms with Crippen molar-refractivity contribution in [2.75, 3.05) is 7.11 Å². The van der Waals surface area contributed by atoms with Crippen LogP contribution in [0.4, 0.5) is 4.79 Å². The van der Waals surface area contributed by atoms with Gasteiger partial charge in [0.2, 0.25) is 11.8 Å². The highest BCUT2D eigenvalue weighted by Gasteiger charge is 2.26. The molecule has 3 aromatic rings. The van der Waals surface area contributed by atoms with Crippen molar-refractivity contribution in [3.8, 4) is 0 Å². The number of nitrogens with one attached hydrogen (secondary N) is 2. The lowest BCUT2D eigenvalue weighted by Crippen LogP contribution is -2.43. The predicted molar refractivity (Wildman–Crippen MR) is 143 cm³/mol. The zero-order valence-corrected chi connectivity index (χ0v) is 22.4. The minimum Gasteiger partial charge on any atom is -0.467 e. The minimum absolute atomic E-state index is 0.0329. The Morgan fingerprint density at radius 3 is 2.13 bits per heavy atom. The summed E-state index contributed by atoms with van der Waals surface area (Å²) in [5, 5.41) is 6.30. The van der Waals surface area contributed by atoms with Crippen LogP contribution in [-0.4, -0.2) is 47.2 Å². The molecule has 0 aliphatic rings. The molecule has 1 aromatic heterocycles. The van der Waals surface area contributed by atoms with E-state index < -0.39 is 29.6 Å². The average Bonchev–Trinajstić information content (AvgIpc) is 3.24. The summed E-state index contributed by atoms with van der Waals surface area (Å²) in [5.41, 5.74) is 1.56. The van der Waals surface area contributed by atoms with Gasteiger partial charge in [0.05, 0.1) is 18.7 Å². The SMILES string of the molecule is COC(=O)[C@H](Cc1cn(C(=O)OC(C)(C)C)c2ccccc12)NC(=O)CCC(=O)N[C@H](C)c1ccccc1. The Balaban J connectivity index is 1.68. The zero-order chi connectivity index (χ0) is 27.9. The molecule has 9 heteroatoms. The van der Waals surface area contributed by atoms with Crippen LogP contribution in [0.25, 0.3) is 10.9 Å². The number of carbonyl (C=O) groups excluding carboxylic acids is 4. The van der Waals surface area contributed by atoms with Crippen molar-refractivity contribution in [2.24, 2.45) is 0 Å². The molecule has 2 aromatic carbocycles. The molecule has 0 fully saturated rings. The highest BCUT2D eigenvalue weighted by molar-refractivity contribution is 5.93. The first-order chi connectivity index (χ1) is 18.0. The molecule has 0 aliphatic heterocycles. The van der Waals surface area contributed by atoms with Gasteiger partial charge in [0.1, 0.15) is 11.6 Å². The lowest BCUT2D eigenvalue weighted by molar-refractivity contribution is -0.145. The molecule has 1 heterocycles. The quantitative estimate of drug-likeness (QED) is 0.406. The molecule has 0 spiro atoms. The van der Waals surface area contributed by atoms with E-state index in [1.54, 1.807) is 39.1 Å². The molecular formula is C29H35N3O6. The Hall–Kier alpha value is -4.14. The van der Waals surface area contributed by atoms with E-state index in [0.717, 1.165) is 10.9 Å². The van der Waals surface area contributed by atoms with Gasteiger partial charge in [-0.15, -0.1) is 0 Å². The Labute approximate surface area is 222 Å². The summed E-state index contributed by atoms with van der Waals surface area (Å²) < 4.78 is 11.8. The number of benzene rings is 2. The second kappa shape index (κ2) is 12.4. The molecule has 0 bridgehead atoms. The van der Waals surface area contributed by atoms with E-state index in [-0.39, 0.29) is 31.2 Å². The van der Waals surface area contributed by atoms with Crippen LogP contribution in [0.2, 0.25) is 0 Å². The van der Waals surface area contributed by atoms with Gasteiger partial charge in [-0.3, -0.25) is 14.2 Å². The first kappa shape index (κ1) is 28.4. The van der Waals surface area contributed by atoms with E-state index in [2.05, 4.69) is 10.6 Å².